The van der Waals surface area contributed by atoms with Gasteiger partial charge in [-0.1, -0.05) is 12.1 Å². The summed E-state index contributed by atoms with van der Waals surface area (Å²) in [6.45, 7) is -1.30. The number of aliphatic hydroxyl groups excluding tert-OH is 5. The predicted molar refractivity (Wildman–Crippen MR) is 169 cm³/mol. The number of ether oxygens (including phenoxy) is 8. The first-order chi connectivity index (χ1) is 24.7. The molecule has 4 aliphatic rings. The Bertz CT molecular complexity index is 1730. The number of aromatic hydroxyl groups is 2. The zero-order valence-electron chi connectivity index (χ0n) is 28.0. The van der Waals surface area contributed by atoms with Crippen molar-refractivity contribution in [3.05, 3.63) is 52.6 Å². The van der Waals surface area contributed by atoms with Gasteiger partial charge in [-0.25, -0.2) is 4.79 Å². The summed E-state index contributed by atoms with van der Waals surface area (Å²) in [5.41, 5.74) is 0.652. The van der Waals surface area contributed by atoms with Gasteiger partial charge in [0, 0.05) is 18.4 Å². The Balaban J connectivity index is 1.43. The number of rotatable bonds is 8. The lowest BCUT2D eigenvalue weighted by Crippen LogP contribution is -2.63. The van der Waals surface area contributed by atoms with Crippen molar-refractivity contribution in [2.75, 3.05) is 34.0 Å². The zero-order valence-corrected chi connectivity index (χ0v) is 28.0. The molecule has 282 valence electrons. The van der Waals surface area contributed by atoms with Crippen molar-refractivity contribution in [3.8, 4) is 23.0 Å². The van der Waals surface area contributed by atoms with E-state index in [0.29, 0.717) is 11.1 Å². The first kappa shape index (κ1) is 37.2. The third-order valence-corrected chi connectivity index (χ3v) is 9.50. The van der Waals surface area contributed by atoms with Crippen LogP contribution in [0.3, 0.4) is 0 Å². The molecule has 0 amide bonds. The summed E-state index contributed by atoms with van der Waals surface area (Å²) in [5.74, 6) is -8.88. The molecule has 6 rings (SSSR count). The van der Waals surface area contributed by atoms with Crippen molar-refractivity contribution in [1.29, 1.82) is 0 Å². The molecule has 1 aliphatic carbocycles. The van der Waals surface area contributed by atoms with Gasteiger partial charge in [0.15, 0.2) is 23.9 Å². The van der Waals surface area contributed by atoms with E-state index < -0.39 is 110 Å². The van der Waals surface area contributed by atoms with E-state index in [1.807, 2.05) is 0 Å². The number of benzene rings is 2. The Labute approximate surface area is 295 Å². The standard InChI is InChI=1S/C34H38O18/c1-13(36)47-10-19-24(38)27(41)28(42)33(49-19)52-34(12-35)30-26(40)20(51-34)11-48-31(43)17-8-15-9-18(45-2)25(39)29(46-3)22(15)21(23(17)32(44)50-30)14-4-6-16(37)7-5-14/h4-9,19-21,23-24,26-28,30,33,35,37-42H,10-12H2,1-3H3/t19-,20-,21+,23+,24-,26+,27-,28-,30+,33-,34+/m1/s1. The van der Waals surface area contributed by atoms with Crippen molar-refractivity contribution >= 4 is 24.0 Å². The van der Waals surface area contributed by atoms with E-state index >= 15 is 0 Å². The smallest absolute Gasteiger partial charge is 0.335 e. The Morgan fingerprint density at radius 2 is 1.67 bits per heavy atom. The number of aliphatic hydroxyl groups is 5. The van der Waals surface area contributed by atoms with Crippen LogP contribution < -0.4 is 9.47 Å². The van der Waals surface area contributed by atoms with Crippen LogP contribution in [0.15, 0.2) is 35.9 Å². The molecule has 0 spiro atoms. The number of fused-ring (bicyclic) bond motifs is 4. The van der Waals surface area contributed by atoms with Crippen LogP contribution in [-0.2, 0) is 42.8 Å². The lowest BCUT2D eigenvalue weighted by molar-refractivity contribution is -0.383. The number of phenols is 2. The molecule has 2 bridgehead atoms. The van der Waals surface area contributed by atoms with E-state index in [0.717, 1.165) is 6.92 Å². The lowest BCUT2D eigenvalue weighted by Gasteiger charge is -2.44. The molecule has 11 atom stereocenters. The highest BCUT2D eigenvalue weighted by Gasteiger charge is 2.62. The zero-order chi connectivity index (χ0) is 37.6. The number of carbonyl (C=O) groups excluding carboxylic acids is 3. The van der Waals surface area contributed by atoms with Gasteiger partial charge in [-0.05, 0) is 35.4 Å². The maximum atomic E-state index is 14.5. The van der Waals surface area contributed by atoms with Gasteiger partial charge < -0.3 is 73.6 Å². The average molecular weight is 735 g/mol. The SMILES string of the molecule is COc1cc2c(c(OC)c1O)[C@H](c1ccc(O)cc1)[C@H]1C(=O)O[C@H]3[C@@H](O)[C@@H](COC(=O)C1=C2)O[C@@]3(CO)O[C@H]1O[C@H](COC(C)=O)[C@@H](O)[C@@H](O)[C@H]1O. The third kappa shape index (κ3) is 6.41. The molecule has 2 aromatic carbocycles. The molecule has 3 saturated heterocycles. The van der Waals surface area contributed by atoms with Gasteiger partial charge in [0.1, 0.15) is 68.1 Å². The molecule has 0 saturated carbocycles. The summed E-state index contributed by atoms with van der Waals surface area (Å²) in [4.78, 5) is 39.7. The first-order valence-corrected chi connectivity index (χ1v) is 16.1. The largest absolute Gasteiger partial charge is 0.508 e. The van der Waals surface area contributed by atoms with E-state index in [9.17, 15) is 50.1 Å². The number of hydrogen-bond donors (Lipinski definition) is 7. The van der Waals surface area contributed by atoms with E-state index in [2.05, 4.69) is 0 Å². The van der Waals surface area contributed by atoms with E-state index in [-0.39, 0.29) is 28.4 Å². The summed E-state index contributed by atoms with van der Waals surface area (Å²) in [6, 6.07) is 7.06. The van der Waals surface area contributed by atoms with Crippen LogP contribution in [0.1, 0.15) is 29.5 Å². The van der Waals surface area contributed by atoms with Crippen molar-refractivity contribution in [1.82, 2.24) is 0 Å². The second kappa shape index (κ2) is 14.5. The van der Waals surface area contributed by atoms with Gasteiger partial charge in [0.2, 0.25) is 11.5 Å². The molecule has 2 aromatic rings. The fourth-order valence-electron chi connectivity index (χ4n) is 6.94. The molecule has 18 nitrogen and oxygen atoms in total. The summed E-state index contributed by atoms with van der Waals surface area (Å²) in [6.07, 6.45) is -12.9. The van der Waals surface area contributed by atoms with Gasteiger partial charge in [-0.3, -0.25) is 9.59 Å². The number of hydrogen-bond acceptors (Lipinski definition) is 18. The van der Waals surface area contributed by atoms with E-state index in [1.165, 1.54) is 50.6 Å². The van der Waals surface area contributed by atoms with Crippen molar-refractivity contribution in [2.45, 2.75) is 67.6 Å². The van der Waals surface area contributed by atoms with Crippen LogP contribution >= 0.6 is 0 Å². The minimum absolute atomic E-state index is 0.00883. The van der Waals surface area contributed by atoms with Gasteiger partial charge >= 0.3 is 17.9 Å². The molecule has 0 aromatic heterocycles. The summed E-state index contributed by atoms with van der Waals surface area (Å²) >= 11 is 0. The molecular weight excluding hydrogens is 696 g/mol. The van der Waals surface area contributed by atoms with Crippen molar-refractivity contribution in [2.24, 2.45) is 5.92 Å². The molecule has 18 heteroatoms. The van der Waals surface area contributed by atoms with Gasteiger partial charge in [0.25, 0.3) is 0 Å². The lowest BCUT2D eigenvalue weighted by atomic mass is 9.70. The van der Waals surface area contributed by atoms with Crippen LogP contribution in [-0.4, -0.2) is 142 Å². The number of cyclic esters (lactones) is 1. The fourth-order valence-corrected chi connectivity index (χ4v) is 6.94. The van der Waals surface area contributed by atoms with Crippen LogP contribution in [0.2, 0.25) is 0 Å². The van der Waals surface area contributed by atoms with Crippen LogP contribution in [0, 0.1) is 5.92 Å². The maximum Gasteiger partial charge on any atom is 0.335 e. The molecule has 7 N–H and O–H groups in total. The third-order valence-electron chi connectivity index (χ3n) is 9.50. The summed E-state index contributed by atoms with van der Waals surface area (Å²) < 4.78 is 44.5. The fraction of sp³-hybridized carbons (Fsp3) is 0.500. The van der Waals surface area contributed by atoms with E-state index in [1.54, 1.807) is 0 Å². The highest BCUT2D eigenvalue weighted by Crippen LogP contribution is 2.53. The Kier molecular flexibility index (Phi) is 10.4. The van der Waals surface area contributed by atoms with Crippen molar-refractivity contribution < 1.29 is 88.0 Å². The highest BCUT2D eigenvalue weighted by atomic mass is 16.8. The molecule has 3 fully saturated rings. The first-order valence-electron chi connectivity index (χ1n) is 16.1. The Hall–Kier alpha value is -4.53. The van der Waals surface area contributed by atoms with Crippen LogP contribution in [0.25, 0.3) is 6.08 Å². The monoisotopic (exact) mass is 734 g/mol. The molecule has 3 heterocycles. The number of phenolic OH excluding ortho intramolecular Hbond substituents is 2. The number of methoxy groups -OCH3 is 2. The van der Waals surface area contributed by atoms with Crippen LogP contribution in [0.4, 0.5) is 0 Å². The van der Waals surface area contributed by atoms with Gasteiger partial charge in [0.05, 0.1) is 19.8 Å². The average Bonchev–Trinajstić information content (AvgIpc) is 3.38. The minimum atomic E-state index is -2.54. The predicted octanol–water partition coefficient (Wildman–Crippen LogP) is -1.44. The second-order valence-electron chi connectivity index (χ2n) is 12.6. The van der Waals surface area contributed by atoms with Crippen LogP contribution in [0.5, 0.6) is 23.0 Å². The molecule has 3 aliphatic heterocycles. The topological polar surface area (TPSA) is 267 Å². The summed E-state index contributed by atoms with van der Waals surface area (Å²) in [5, 5.41) is 75.0. The Morgan fingerprint density at radius 3 is 2.31 bits per heavy atom. The summed E-state index contributed by atoms with van der Waals surface area (Å²) in [7, 11) is 2.58. The quantitative estimate of drug-likeness (QED) is 0.121. The normalized spacial score (nSPS) is 34.2. The number of carbonyl (C=O) groups is 3. The minimum Gasteiger partial charge on any atom is -0.508 e. The van der Waals surface area contributed by atoms with Gasteiger partial charge in [-0.15, -0.1) is 0 Å². The van der Waals surface area contributed by atoms with E-state index in [4.69, 9.17) is 37.9 Å². The second-order valence-corrected chi connectivity index (χ2v) is 12.6. The Morgan fingerprint density at radius 1 is 0.962 bits per heavy atom. The molecule has 52 heavy (non-hydrogen) atoms. The molecular formula is C34H38O18. The van der Waals surface area contributed by atoms with Crippen molar-refractivity contribution in [3.63, 3.8) is 0 Å². The molecule has 0 unspecified atom stereocenters. The van der Waals surface area contributed by atoms with Gasteiger partial charge in [-0.2, -0.15) is 0 Å². The highest BCUT2D eigenvalue weighted by molar-refractivity contribution is 6.02. The number of esters is 3. The maximum absolute atomic E-state index is 14.5. The molecule has 0 radical (unpaired) electrons.